The van der Waals surface area contributed by atoms with Gasteiger partial charge in [-0.2, -0.15) is 0 Å². The minimum atomic E-state index is -0.841. The van der Waals surface area contributed by atoms with Gasteiger partial charge in [0.1, 0.15) is 5.76 Å². The average molecular weight is 449 g/mol. The number of carbonyl (C=O) groups excluding carboxylic acids is 2. The average Bonchev–Trinajstić information content (AvgIpc) is 3.27. The summed E-state index contributed by atoms with van der Waals surface area (Å²) >= 11 is 0. The molecular weight excluding hydrogens is 426 g/mol. The lowest BCUT2D eigenvalue weighted by molar-refractivity contribution is -0.384. The van der Waals surface area contributed by atoms with Crippen LogP contribution in [0.3, 0.4) is 0 Å². The van der Waals surface area contributed by atoms with Crippen molar-refractivity contribution in [2.75, 3.05) is 20.3 Å². The van der Waals surface area contributed by atoms with E-state index in [1.165, 1.54) is 29.2 Å². The normalized spacial score (nSPS) is 17.8. The van der Waals surface area contributed by atoms with E-state index in [1.807, 2.05) is 42.1 Å². The second kappa shape index (κ2) is 8.87. The number of likely N-dealkylation sites (tertiary alicyclic amines) is 1. The Bertz CT molecular complexity index is 1290. The van der Waals surface area contributed by atoms with Crippen LogP contribution in [0.5, 0.6) is 0 Å². The number of nitro benzene ring substituents is 1. The van der Waals surface area contributed by atoms with Crippen LogP contribution in [0.1, 0.15) is 23.6 Å². The zero-order chi connectivity index (χ0) is 23.7. The standard InChI is InChI=1S/C24H23N3O6/c1-25-14-18(17-9-3-4-10-19(17)25)21-20(23(29)24(30)26(21)11-6-12-33-2)22(28)15-7-5-8-16(13-15)27(31)32/h3-5,7-10,13-14,21,28H,6,11-12H2,1-2H3/b22-20+. The number of aromatic nitrogens is 1. The Balaban J connectivity index is 1.93. The van der Waals surface area contributed by atoms with Gasteiger partial charge in [-0.3, -0.25) is 19.7 Å². The van der Waals surface area contributed by atoms with E-state index in [1.54, 1.807) is 7.11 Å². The van der Waals surface area contributed by atoms with Gasteiger partial charge in [0, 0.05) is 67.7 Å². The maximum atomic E-state index is 13.1. The largest absolute Gasteiger partial charge is 0.507 e. The summed E-state index contributed by atoms with van der Waals surface area (Å²) in [5.41, 5.74) is 1.38. The van der Waals surface area contributed by atoms with E-state index >= 15 is 0 Å². The van der Waals surface area contributed by atoms with Crippen LogP contribution in [0.4, 0.5) is 5.69 Å². The summed E-state index contributed by atoms with van der Waals surface area (Å²) in [7, 11) is 3.42. The minimum Gasteiger partial charge on any atom is -0.507 e. The van der Waals surface area contributed by atoms with Gasteiger partial charge in [0.05, 0.1) is 16.5 Å². The van der Waals surface area contributed by atoms with Gasteiger partial charge >= 0.3 is 0 Å². The Kier molecular flexibility index (Phi) is 5.97. The first-order valence-electron chi connectivity index (χ1n) is 10.4. The fourth-order valence-corrected chi connectivity index (χ4v) is 4.33. The monoisotopic (exact) mass is 449 g/mol. The Hall–Kier alpha value is -3.98. The van der Waals surface area contributed by atoms with Crippen LogP contribution in [-0.4, -0.2) is 51.4 Å². The first-order chi connectivity index (χ1) is 15.8. The molecule has 2 aromatic carbocycles. The molecule has 1 aromatic heterocycles. The van der Waals surface area contributed by atoms with Crippen molar-refractivity contribution in [2.45, 2.75) is 12.5 Å². The zero-order valence-electron chi connectivity index (χ0n) is 18.2. The van der Waals surface area contributed by atoms with Gasteiger partial charge in [-0.25, -0.2) is 0 Å². The van der Waals surface area contributed by atoms with Crippen LogP contribution in [0.2, 0.25) is 0 Å². The number of ketones is 1. The molecule has 1 saturated heterocycles. The molecule has 0 saturated carbocycles. The third kappa shape index (κ3) is 3.87. The predicted octanol–water partition coefficient (Wildman–Crippen LogP) is 3.54. The molecule has 0 radical (unpaired) electrons. The molecule has 1 unspecified atom stereocenters. The lowest BCUT2D eigenvalue weighted by atomic mass is 9.94. The van der Waals surface area contributed by atoms with Crippen molar-refractivity contribution in [1.29, 1.82) is 0 Å². The molecule has 1 amide bonds. The predicted molar refractivity (Wildman–Crippen MR) is 122 cm³/mol. The van der Waals surface area contributed by atoms with Crippen molar-refractivity contribution in [3.8, 4) is 0 Å². The number of nitrogens with zero attached hydrogens (tertiary/aromatic N) is 3. The lowest BCUT2D eigenvalue weighted by Crippen LogP contribution is -2.31. The number of non-ortho nitro benzene ring substituents is 1. The number of hydrogen-bond donors (Lipinski definition) is 1. The second-order valence-electron chi connectivity index (χ2n) is 7.86. The first kappa shape index (κ1) is 22.2. The van der Waals surface area contributed by atoms with Crippen molar-refractivity contribution in [3.05, 3.63) is 81.5 Å². The number of aliphatic hydroxyl groups excluding tert-OH is 1. The fourth-order valence-electron chi connectivity index (χ4n) is 4.33. The third-order valence-corrected chi connectivity index (χ3v) is 5.84. The second-order valence-corrected chi connectivity index (χ2v) is 7.86. The highest BCUT2D eigenvalue weighted by molar-refractivity contribution is 6.46. The lowest BCUT2D eigenvalue weighted by Gasteiger charge is -2.24. The van der Waals surface area contributed by atoms with Crippen LogP contribution in [0.15, 0.2) is 60.3 Å². The highest BCUT2D eigenvalue weighted by Crippen LogP contribution is 2.42. The zero-order valence-corrected chi connectivity index (χ0v) is 18.2. The maximum Gasteiger partial charge on any atom is 0.295 e. The molecule has 0 spiro atoms. The van der Waals surface area contributed by atoms with Gasteiger partial charge in [-0.05, 0) is 12.5 Å². The Labute approximate surface area is 189 Å². The van der Waals surface area contributed by atoms with Crippen molar-refractivity contribution < 1.29 is 24.4 Å². The minimum absolute atomic E-state index is 0.0886. The third-order valence-electron chi connectivity index (χ3n) is 5.84. The van der Waals surface area contributed by atoms with Crippen molar-refractivity contribution in [2.24, 2.45) is 7.05 Å². The van der Waals surface area contributed by atoms with Crippen LogP contribution >= 0.6 is 0 Å². The molecule has 0 bridgehead atoms. The molecule has 170 valence electrons. The summed E-state index contributed by atoms with van der Waals surface area (Å²) in [6, 6.07) is 12.1. The Morgan fingerprint density at radius 3 is 2.67 bits per heavy atom. The number of nitro groups is 1. The Morgan fingerprint density at radius 1 is 1.18 bits per heavy atom. The molecule has 33 heavy (non-hydrogen) atoms. The van der Waals surface area contributed by atoms with E-state index < -0.39 is 28.4 Å². The molecule has 1 aliphatic heterocycles. The number of aryl methyl sites for hydroxylation is 1. The van der Waals surface area contributed by atoms with Gasteiger partial charge in [-0.15, -0.1) is 0 Å². The maximum absolute atomic E-state index is 13.1. The number of para-hydroxylation sites is 1. The first-order valence-corrected chi connectivity index (χ1v) is 10.4. The molecule has 9 heteroatoms. The smallest absolute Gasteiger partial charge is 0.295 e. The summed E-state index contributed by atoms with van der Waals surface area (Å²) in [5.74, 6) is -1.99. The highest BCUT2D eigenvalue weighted by atomic mass is 16.6. The number of hydrogen-bond acceptors (Lipinski definition) is 6. The summed E-state index contributed by atoms with van der Waals surface area (Å²) in [6.45, 7) is 0.647. The number of rotatable bonds is 7. The molecule has 1 atom stereocenters. The number of Topliss-reactive ketones (excluding diaryl/α,β-unsaturated/α-hetero) is 1. The molecule has 0 aliphatic carbocycles. The molecule has 9 nitrogen and oxygen atoms in total. The Morgan fingerprint density at radius 2 is 1.94 bits per heavy atom. The molecule has 2 heterocycles. The van der Waals surface area contributed by atoms with Crippen molar-refractivity contribution in [1.82, 2.24) is 9.47 Å². The molecule has 1 N–H and O–H groups in total. The number of carbonyl (C=O) groups is 2. The highest BCUT2D eigenvalue weighted by Gasteiger charge is 2.46. The summed E-state index contributed by atoms with van der Waals surface area (Å²) in [4.78, 5) is 38.2. The summed E-state index contributed by atoms with van der Waals surface area (Å²) < 4.78 is 7.00. The van der Waals surface area contributed by atoms with Crippen LogP contribution in [0.25, 0.3) is 16.7 Å². The topological polar surface area (TPSA) is 115 Å². The van der Waals surface area contributed by atoms with E-state index in [0.717, 1.165) is 10.9 Å². The van der Waals surface area contributed by atoms with Crippen molar-refractivity contribution in [3.63, 3.8) is 0 Å². The number of aliphatic hydroxyl groups is 1. The van der Waals surface area contributed by atoms with Gasteiger partial charge in [0.15, 0.2) is 0 Å². The van der Waals surface area contributed by atoms with Gasteiger partial charge < -0.3 is 19.3 Å². The van der Waals surface area contributed by atoms with Gasteiger partial charge in [0.2, 0.25) is 0 Å². The van der Waals surface area contributed by atoms with E-state index in [-0.39, 0.29) is 23.4 Å². The van der Waals surface area contributed by atoms with Gasteiger partial charge in [-0.1, -0.05) is 30.3 Å². The van der Waals surface area contributed by atoms with Crippen LogP contribution in [0, 0.1) is 10.1 Å². The van der Waals surface area contributed by atoms with E-state index in [0.29, 0.717) is 18.6 Å². The van der Waals surface area contributed by atoms with Crippen molar-refractivity contribution >= 4 is 34.0 Å². The number of benzene rings is 2. The van der Waals surface area contributed by atoms with E-state index in [2.05, 4.69) is 0 Å². The molecule has 4 rings (SSSR count). The molecule has 1 aliphatic rings. The van der Waals surface area contributed by atoms with Crippen LogP contribution in [-0.2, 0) is 21.4 Å². The fraction of sp³-hybridized carbons (Fsp3) is 0.250. The molecule has 1 fully saturated rings. The number of methoxy groups -OCH3 is 1. The summed E-state index contributed by atoms with van der Waals surface area (Å²) in [6.07, 6.45) is 2.34. The van der Waals surface area contributed by atoms with E-state index in [4.69, 9.17) is 4.74 Å². The number of fused-ring (bicyclic) bond motifs is 1. The van der Waals surface area contributed by atoms with Crippen LogP contribution < -0.4 is 0 Å². The van der Waals surface area contributed by atoms with E-state index in [9.17, 15) is 24.8 Å². The number of amides is 1. The quantitative estimate of drug-likeness (QED) is 0.147. The number of ether oxygens (including phenoxy) is 1. The van der Waals surface area contributed by atoms with Gasteiger partial charge in [0.25, 0.3) is 17.4 Å². The molecule has 3 aromatic rings. The molecular formula is C24H23N3O6. The SMILES string of the molecule is COCCCN1C(=O)C(=O)/C(=C(/O)c2cccc([N+](=O)[O-])c2)C1c1cn(C)c2ccccc12. The summed E-state index contributed by atoms with van der Waals surface area (Å²) in [5, 5.41) is 23.2.